The molecule has 136 valence electrons. The van der Waals surface area contributed by atoms with Gasteiger partial charge in [-0.3, -0.25) is 0 Å². The van der Waals surface area contributed by atoms with Gasteiger partial charge in [0, 0.05) is 5.02 Å². The molecule has 2 aromatic rings. The van der Waals surface area contributed by atoms with Crippen LogP contribution in [0.3, 0.4) is 0 Å². The molecule has 0 saturated heterocycles. The van der Waals surface area contributed by atoms with E-state index in [0.29, 0.717) is 21.9 Å². The molecule has 0 spiro atoms. The number of rotatable bonds is 4. The fourth-order valence-electron chi connectivity index (χ4n) is 1.83. The summed E-state index contributed by atoms with van der Waals surface area (Å²) >= 11 is 5.79. The van der Waals surface area contributed by atoms with Crippen molar-refractivity contribution in [2.75, 3.05) is 0 Å². The van der Waals surface area contributed by atoms with Crippen molar-refractivity contribution in [1.82, 2.24) is 5.43 Å². The number of nitrogens with zero attached hydrogens (tertiary/aromatic N) is 1. The van der Waals surface area contributed by atoms with Gasteiger partial charge in [-0.15, -0.1) is 0 Å². The Bertz CT molecular complexity index is 794. The Morgan fingerprint density at radius 2 is 1.65 bits per heavy atom. The summed E-state index contributed by atoms with van der Waals surface area (Å²) in [7, 11) is 0. The van der Waals surface area contributed by atoms with E-state index in [2.05, 4.69) is 10.5 Å². The molecule has 0 atom stereocenters. The minimum Gasteiger partial charge on any atom is -0.443 e. The van der Waals surface area contributed by atoms with Crippen molar-refractivity contribution in [2.45, 2.75) is 26.4 Å². The number of halogens is 1. The lowest BCUT2D eigenvalue weighted by Gasteiger charge is -2.18. The van der Waals surface area contributed by atoms with E-state index in [9.17, 15) is 9.59 Å². The number of ether oxygens (including phenoxy) is 2. The molecule has 0 bridgehead atoms. The summed E-state index contributed by atoms with van der Waals surface area (Å²) in [6.45, 7) is 5.29. The SMILES string of the molecule is CC(C)(C)OC(=O)N/N=C\c1ccc(OC(=O)c2ccc(Cl)cc2)cc1. The molecule has 0 aliphatic heterocycles. The first kappa shape index (κ1) is 19.5. The summed E-state index contributed by atoms with van der Waals surface area (Å²) in [5.74, 6) is -0.0862. The summed E-state index contributed by atoms with van der Waals surface area (Å²) in [4.78, 5) is 23.5. The van der Waals surface area contributed by atoms with Gasteiger partial charge in [0.15, 0.2) is 0 Å². The maximum absolute atomic E-state index is 12.0. The van der Waals surface area contributed by atoms with Crippen LogP contribution in [0.4, 0.5) is 4.79 Å². The Balaban J connectivity index is 1.89. The summed E-state index contributed by atoms with van der Waals surface area (Å²) in [6, 6.07) is 13.1. The predicted molar refractivity (Wildman–Crippen MR) is 99.8 cm³/mol. The molecule has 0 saturated carbocycles. The van der Waals surface area contributed by atoms with Gasteiger partial charge in [0.25, 0.3) is 0 Å². The van der Waals surface area contributed by atoms with Crippen LogP contribution in [-0.2, 0) is 4.74 Å². The monoisotopic (exact) mass is 374 g/mol. The van der Waals surface area contributed by atoms with Gasteiger partial charge in [0.1, 0.15) is 11.4 Å². The quantitative estimate of drug-likeness (QED) is 0.372. The Labute approximate surface area is 156 Å². The van der Waals surface area contributed by atoms with Crippen molar-refractivity contribution >= 4 is 29.9 Å². The van der Waals surface area contributed by atoms with E-state index in [1.807, 2.05) is 0 Å². The summed E-state index contributed by atoms with van der Waals surface area (Å²) < 4.78 is 10.3. The maximum Gasteiger partial charge on any atom is 0.428 e. The highest BCUT2D eigenvalue weighted by Crippen LogP contribution is 2.15. The van der Waals surface area contributed by atoms with Gasteiger partial charge >= 0.3 is 12.1 Å². The topological polar surface area (TPSA) is 77.0 Å². The molecule has 1 amide bonds. The number of hydrazone groups is 1. The zero-order chi connectivity index (χ0) is 19.2. The molecule has 26 heavy (non-hydrogen) atoms. The normalized spacial score (nSPS) is 11.2. The first-order valence-corrected chi connectivity index (χ1v) is 8.20. The lowest BCUT2D eigenvalue weighted by atomic mass is 10.2. The van der Waals surface area contributed by atoms with E-state index in [1.165, 1.54) is 6.21 Å². The van der Waals surface area contributed by atoms with Gasteiger partial charge < -0.3 is 9.47 Å². The Hall–Kier alpha value is -2.86. The molecule has 7 heteroatoms. The van der Waals surface area contributed by atoms with Gasteiger partial charge in [-0.2, -0.15) is 5.10 Å². The van der Waals surface area contributed by atoms with Gasteiger partial charge in [0.05, 0.1) is 11.8 Å². The largest absolute Gasteiger partial charge is 0.443 e. The smallest absolute Gasteiger partial charge is 0.428 e. The van der Waals surface area contributed by atoms with Crippen LogP contribution in [-0.4, -0.2) is 23.9 Å². The van der Waals surface area contributed by atoms with Crippen LogP contribution in [0.25, 0.3) is 0 Å². The first-order valence-electron chi connectivity index (χ1n) is 7.83. The number of benzene rings is 2. The van der Waals surface area contributed by atoms with Crippen LogP contribution in [0, 0.1) is 0 Å². The molecule has 0 fully saturated rings. The van der Waals surface area contributed by atoms with Gasteiger partial charge in [-0.1, -0.05) is 11.6 Å². The molecule has 6 nitrogen and oxygen atoms in total. The summed E-state index contributed by atoms with van der Waals surface area (Å²) in [6.07, 6.45) is 0.816. The fraction of sp³-hybridized carbons (Fsp3) is 0.211. The highest BCUT2D eigenvalue weighted by atomic mass is 35.5. The van der Waals surface area contributed by atoms with Crippen molar-refractivity contribution in [1.29, 1.82) is 0 Å². The summed E-state index contributed by atoms with van der Waals surface area (Å²) in [5, 5.41) is 4.35. The third kappa shape index (κ3) is 6.57. The van der Waals surface area contributed by atoms with Gasteiger partial charge in [-0.05, 0) is 74.9 Å². The molecule has 0 heterocycles. The predicted octanol–water partition coefficient (Wildman–Crippen LogP) is 4.42. The molecular formula is C19H19ClN2O4. The molecule has 2 rings (SSSR count). The molecule has 0 aliphatic rings. The highest BCUT2D eigenvalue weighted by Gasteiger charge is 2.15. The van der Waals surface area contributed by atoms with E-state index in [4.69, 9.17) is 21.1 Å². The molecular weight excluding hydrogens is 356 g/mol. The highest BCUT2D eigenvalue weighted by molar-refractivity contribution is 6.30. The van der Waals surface area contributed by atoms with E-state index in [1.54, 1.807) is 69.3 Å². The van der Waals surface area contributed by atoms with Crippen molar-refractivity contribution in [3.05, 3.63) is 64.7 Å². The van der Waals surface area contributed by atoms with Crippen LogP contribution in [0.15, 0.2) is 53.6 Å². The minimum atomic E-state index is -0.637. The molecule has 1 N–H and O–H groups in total. The second-order valence-corrected chi connectivity index (χ2v) is 6.77. The summed E-state index contributed by atoms with van der Waals surface area (Å²) in [5.41, 5.74) is 2.80. The van der Waals surface area contributed by atoms with Crippen LogP contribution in [0.1, 0.15) is 36.7 Å². The van der Waals surface area contributed by atoms with Crippen LogP contribution >= 0.6 is 11.6 Å². The Kier molecular flexibility index (Phi) is 6.36. The Morgan fingerprint density at radius 1 is 1.04 bits per heavy atom. The Morgan fingerprint density at radius 3 is 2.23 bits per heavy atom. The molecule has 0 aromatic heterocycles. The van der Waals surface area contributed by atoms with Gasteiger partial charge in [0.2, 0.25) is 0 Å². The second kappa shape index (κ2) is 8.49. The number of amides is 1. The second-order valence-electron chi connectivity index (χ2n) is 6.34. The van der Waals surface area contributed by atoms with Crippen molar-refractivity contribution < 1.29 is 19.1 Å². The average Bonchev–Trinajstić information content (AvgIpc) is 2.55. The molecule has 2 aromatic carbocycles. The van der Waals surface area contributed by atoms with E-state index in [-0.39, 0.29) is 0 Å². The first-order chi connectivity index (χ1) is 12.2. The number of carbonyl (C=O) groups excluding carboxylic acids is 2. The van der Waals surface area contributed by atoms with Crippen molar-refractivity contribution in [2.24, 2.45) is 5.10 Å². The number of hydrogen-bond acceptors (Lipinski definition) is 5. The number of esters is 1. The lowest BCUT2D eigenvalue weighted by molar-refractivity contribution is 0.0529. The van der Waals surface area contributed by atoms with E-state index < -0.39 is 17.7 Å². The van der Waals surface area contributed by atoms with Crippen molar-refractivity contribution in [3.63, 3.8) is 0 Å². The van der Waals surface area contributed by atoms with E-state index >= 15 is 0 Å². The third-order valence-electron chi connectivity index (χ3n) is 2.94. The number of hydrogen-bond donors (Lipinski definition) is 1. The average molecular weight is 375 g/mol. The fourth-order valence-corrected chi connectivity index (χ4v) is 1.96. The standard InChI is InChI=1S/C19H19ClN2O4/c1-19(2,3)26-18(24)22-21-12-13-4-10-16(11-5-13)25-17(23)14-6-8-15(20)9-7-14/h4-12H,1-3H3,(H,22,24)/b21-12-. The van der Waals surface area contributed by atoms with Crippen LogP contribution in [0.5, 0.6) is 5.75 Å². The third-order valence-corrected chi connectivity index (χ3v) is 3.19. The molecule has 0 unspecified atom stereocenters. The number of nitrogens with one attached hydrogen (secondary N) is 1. The molecule has 0 radical (unpaired) electrons. The van der Waals surface area contributed by atoms with Gasteiger partial charge in [-0.25, -0.2) is 15.0 Å². The zero-order valence-electron chi connectivity index (χ0n) is 14.7. The van der Waals surface area contributed by atoms with Crippen LogP contribution in [0.2, 0.25) is 5.02 Å². The maximum atomic E-state index is 12.0. The lowest BCUT2D eigenvalue weighted by Crippen LogP contribution is -2.29. The van der Waals surface area contributed by atoms with Crippen LogP contribution < -0.4 is 10.2 Å². The molecule has 0 aliphatic carbocycles. The minimum absolute atomic E-state index is 0.391. The zero-order valence-corrected chi connectivity index (χ0v) is 15.4. The van der Waals surface area contributed by atoms with E-state index in [0.717, 1.165) is 0 Å². The van der Waals surface area contributed by atoms with Crippen molar-refractivity contribution in [3.8, 4) is 5.75 Å². The number of carbonyl (C=O) groups is 2.